The number of aromatic nitrogens is 3. The quantitative estimate of drug-likeness (QED) is 0.236. The fourth-order valence-corrected chi connectivity index (χ4v) is 4.40. The number of halogens is 3. The lowest BCUT2D eigenvalue weighted by atomic mass is 10.1. The SMILES string of the molecule is CCOC(=O)c1cc(C)nc2sc(C(=O)c3c([O-])on[n+]3-c3ccc(OC(F)(F)F)cc3)c(N)c12. The Morgan fingerprint density at radius 2 is 1.94 bits per heavy atom. The molecule has 14 heteroatoms. The summed E-state index contributed by atoms with van der Waals surface area (Å²) in [6.45, 7) is 3.40. The van der Waals surface area contributed by atoms with E-state index in [1.165, 1.54) is 6.07 Å². The standard InChI is InChI=1S/C21H15F3N4O6S/c1-3-32-19(30)12-8-9(2)26-18-13(12)14(25)17(35-18)16(29)15-20(31)34-27-28(15)10-4-6-11(7-5-10)33-21(22,23)24/h4-8H,3H2,1-2H3,(H2-,25,27,29,31). The zero-order valence-corrected chi connectivity index (χ0v) is 18.8. The Morgan fingerprint density at radius 1 is 1.26 bits per heavy atom. The largest absolute Gasteiger partial charge is 0.573 e. The minimum atomic E-state index is -4.89. The van der Waals surface area contributed by atoms with E-state index in [9.17, 15) is 27.9 Å². The highest BCUT2D eigenvalue weighted by Crippen LogP contribution is 2.37. The van der Waals surface area contributed by atoms with Gasteiger partial charge in [-0.1, -0.05) is 0 Å². The van der Waals surface area contributed by atoms with Gasteiger partial charge in [-0.2, -0.15) is 0 Å². The molecule has 0 aliphatic carbocycles. The summed E-state index contributed by atoms with van der Waals surface area (Å²) in [4.78, 5) is 30.3. The minimum absolute atomic E-state index is 0.0505. The summed E-state index contributed by atoms with van der Waals surface area (Å²) in [6.07, 6.45) is -4.89. The predicted octanol–water partition coefficient (Wildman–Crippen LogP) is 2.83. The molecule has 1 aromatic carbocycles. The van der Waals surface area contributed by atoms with Gasteiger partial charge in [-0.05, 0) is 36.7 Å². The smallest absolute Gasteiger partial charge is 0.539 e. The number of hydrogen-bond donors (Lipinski definition) is 1. The van der Waals surface area contributed by atoms with Crippen LogP contribution >= 0.6 is 11.3 Å². The molecule has 3 heterocycles. The van der Waals surface area contributed by atoms with Crippen LogP contribution in [0.5, 0.6) is 11.7 Å². The van der Waals surface area contributed by atoms with Gasteiger partial charge in [0.25, 0.3) is 5.78 Å². The van der Waals surface area contributed by atoms with Crippen molar-refractivity contribution in [3.8, 4) is 17.4 Å². The van der Waals surface area contributed by atoms with Gasteiger partial charge in [-0.15, -0.1) is 24.5 Å². The first-order chi connectivity index (χ1) is 16.5. The molecular weight excluding hydrogens is 493 g/mol. The summed E-state index contributed by atoms with van der Waals surface area (Å²) >= 11 is 0.855. The molecule has 0 aliphatic heterocycles. The molecule has 0 aliphatic rings. The zero-order valence-electron chi connectivity index (χ0n) is 18.0. The van der Waals surface area contributed by atoms with E-state index in [0.717, 1.165) is 40.3 Å². The molecule has 182 valence electrons. The Labute approximate surface area is 198 Å². The highest BCUT2D eigenvalue weighted by molar-refractivity contribution is 7.21. The maximum atomic E-state index is 13.4. The maximum Gasteiger partial charge on any atom is 0.573 e. The van der Waals surface area contributed by atoms with Crippen LogP contribution in [0, 0.1) is 6.92 Å². The van der Waals surface area contributed by atoms with E-state index >= 15 is 0 Å². The molecular formula is C21H15F3N4O6S. The molecule has 10 nitrogen and oxygen atoms in total. The van der Waals surface area contributed by atoms with Gasteiger partial charge in [0.1, 0.15) is 15.5 Å². The lowest BCUT2D eigenvalue weighted by Crippen LogP contribution is -2.39. The van der Waals surface area contributed by atoms with Crippen LogP contribution in [-0.2, 0) is 4.74 Å². The number of carbonyl (C=O) groups excluding carboxylic acids is 2. The number of thiophene rings is 1. The highest BCUT2D eigenvalue weighted by Gasteiger charge is 2.34. The Kier molecular flexibility index (Phi) is 6.06. The number of aryl methyl sites for hydroxylation is 1. The van der Waals surface area contributed by atoms with E-state index in [-0.39, 0.29) is 38.6 Å². The third-order valence-electron chi connectivity index (χ3n) is 4.67. The average molecular weight is 508 g/mol. The Hall–Kier alpha value is -4.20. The van der Waals surface area contributed by atoms with E-state index in [1.807, 2.05) is 0 Å². The van der Waals surface area contributed by atoms with E-state index in [4.69, 9.17) is 10.5 Å². The van der Waals surface area contributed by atoms with E-state index in [2.05, 4.69) is 19.5 Å². The lowest BCUT2D eigenvalue weighted by Gasteiger charge is -2.07. The number of fused-ring (bicyclic) bond motifs is 1. The number of carbonyl (C=O) groups is 2. The molecule has 0 fully saturated rings. The van der Waals surface area contributed by atoms with E-state index < -0.39 is 35.5 Å². The first kappa shape index (κ1) is 23.9. The number of esters is 1. The van der Waals surface area contributed by atoms with Crippen molar-refractivity contribution in [3.05, 3.63) is 52.2 Å². The second-order valence-corrected chi connectivity index (χ2v) is 8.05. The second kappa shape index (κ2) is 8.87. The highest BCUT2D eigenvalue weighted by atomic mass is 32.1. The number of pyridine rings is 1. The van der Waals surface area contributed by atoms with Gasteiger partial charge >= 0.3 is 18.0 Å². The van der Waals surface area contributed by atoms with E-state index in [1.54, 1.807) is 13.8 Å². The second-order valence-electron chi connectivity index (χ2n) is 7.05. The van der Waals surface area contributed by atoms with Crippen LogP contribution in [0.15, 0.2) is 34.9 Å². The van der Waals surface area contributed by atoms with Gasteiger partial charge < -0.3 is 24.8 Å². The van der Waals surface area contributed by atoms with E-state index in [0.29, 0.717) is 5.69 Å². The van der Waals surface area contributed by atoms with Crippen molar-refractivity contribution in [2.24, 2.45) is 0 Å². The summed E-state index contributed by atoms with van der Waals surface area (Å²) in [5.74, 6) is -3.14. The van der Waals surface area contributed by atoms with Gasteiger partial charge in [0, 0.05) is 23.2 Å². The molecule has 0 saturated carbocycles. The Bertz CT molecular complexity index is 1450. The Balaban J connectivity index is 1.78. The van der Waals surface area contributed by atoms with Crippen LogP contribution in [0.2, 0.25) is 0 Å². The van der Waals surface area contributed by atoms with Crippen LogP contribution in [0.4, 0.5) is 18.9 Å². The van der Waals surface area contributed by atoms with Crippen molar-refractivity contribution in [1.82, 2.24) is 10.3 Å². The normalized spacial score (nSPS) is 11.6. The molecule has 0 unspecified atom stereocenters. The molecule has 0 spiro atoms. The number of rotatable bonds is 6. The summed E-state index contributed by atoms with van der Waals surface area (Å²) in [6, 6.07) is 5.74. The number of benzene rings is 1. The van der Waals surface area contributed by atoms with Gasteiger partial charge in [-0.3, -0.25) is 4.79 Å². The average Bonchev–Trinajstić information content (AvgIpc) is 3.32. The number of ketones is 1. The van der Waals surface area contributed by atoms with Crippen LogP contribution < -0.4 is 20.3 Å². The molecule has 4 rings (SSSR count). The number of ether oxygens (including phenoxy) is 2. The fraction of sp³-hybridized carbons (Fsp3) is 0.190. The first-order valence-electron chi connectivity index (χ1n) is 9.86. The van der Waals surface area contributed by atoms with Crippen LogP contribution in [0.3, 0.4) is 0 Å². The molecule has 0 bridgehead atoms. The number of nitrogen functional groups attached to an aromatic ring is 1. The molecule has 3 aromatic heterocycles. The van der Waals surface area contributed by atoms with Crippen molar-refractivity contribution in [2.75, 3.05) is 12.3 Å². The van der Waals surface area contributed by atoms with Crippen LogP contribution in [-0.4, -0.2) is 35.0 Å². The summed E-state index contributed by atoms with van der Waals surface area (Å²) in [5, 5.41) is 16.1. The van der Waals surface area contributed by atoms with Crippen LogP contribution in [0.25, 0.3) is 15.9 Å². The molecule has 0 amide bonds. The zero-order chi connectivity index (χ0) is 25.5. The molecule has 0 radical (unpaired) electrons. The number of nitrogens with two attached hydrogens (primary N) is 1. The fourth-order valence-electron chi connectivity index (χ4n) is 3.29. The molecule has 35 heavy (non-hydrogen) atoms. The van der Waals surface area contributed by atoms with Crippen LogP contribution in [0.1, 0.15) is 38.3 Å². The van der Waals surface area contributed by atoms with Gasteiger partial charge in [0.2, 0.25) is 5.69 Å². The number of anilines is 1. The lowest BCUT2D eigenvalue weighted by molar-refractivity contribution is -0.672. The number of nitrogens with zero attached hydrogens (tertiary/aromatic N) is 3. The van der Waals surface area contributed by atoms with Crippen molar-refractivity contribution < 1.29 is 46.5 Å². The molecule has 0 saturated heterocycles. The van der Waals surface area contributed by atoms with Crippen molar-refractivity contribution in [1.29, 1.82) is 0 Å². The first-order valence-corrected chi connectivity index (χ1v) is 10.7. The monoisotopic (exact) mass is 508 g/mol. The number of alkyl halides is 3. The van der Waals surface area contributed by atoms with Crippen molar-refractivity contribution in [3.63, 3.8) is 0 Å². The van der Waals surface area contributed by atoms with Crippen molar-refractivity contribution >= 4 is 39.0 Å². The summed E-state index contributed by atoms with van der Waals surface area (Å²) < 4.78 is 51.6. The number of hydrogen-bond acceptors (Lipinski definition) is 10. The summed E-state index contributed by atoms with van der Waals surface area (Å²) in [7, 11) is 0. The third-order valence-corrected chi connectivity index (χ3v) is 5.77. The molecule has 0 atom stereocenters. The predicted molar refractivity (Wildman–Crippen MR) is 112 cm³/mol. The molecule has 2 N–H and O–H groups in total. The third kappa shape index (κ3) is 4.59. The maximum absolute atomic E-state index is 13.4. The molecule has 4 aromatic rings. The summed E-state index contributed by atoms with van der Waals surface area (Å²) in [5.41, 5.74) is 6.20. The topological polar surface area (TPSA) is 144 Å². The van der Waals surface area contributed by atoms with Gasteiger partial charge in [0.05, 0.1) is 23.1 Å². The Morgan fingerprint density at radius 3 is 2.57 bits per heavy atom. The minimum Gasteiger partial charge on any atom is -0.539 e. The van der Waals surface area contributed by atoms with Gasteiger partial charge in [0.15, 0.2) is 5.95 Å². The van der Waals surface area contributed by atoms with Crippen molar-refractivity contribution in [2.45, 2.75) is 20.2 Å². The van der Waals surface area contributed by atoms with Gasteiger partial charge in [-0.25, -0.2) is 9.78 Å².